The second kappa shape index (κ2) is 6.06. The number of hydrogen-bond donors (Lipinski definition) is 1. The standard InChI is InChI=1S/C19H20N2O/c1-14(22)19-17-11-7-6-8-15(17)12-13-18(19)20-21(2)16-9-4-3-5-10-16/h3-11,20H,12-13H2,1-2H3. The van der Waals surface area contributed by atoms with Gasteiger partial charge in [0.1, 0.15) is 0 Å². The summed E-state index contributed by atoms with van der Waals surface area (Å²) in [6.45, 7) is 1.64. The highest BCUT2D eigenvalue weighted by Crippen LogP contribution is 2.31. The second-order valence-corrected chi connectivity index (χ2v) is 5.57. The van der Waals surface area contributed by atoms with Crippen LogP contribution in [0.25, 0.3) is 5.57 Å². The van der Waals surface area contributed by atoms with Crippen LogP contribution in [0.15, 0.2) is 60.3 Å². The Balaban J connectivity index is 1.96. The average Bonchev–Trinajstić information content (AvgIpc) is 2.55. The van der Waals surface area contributed by atoms with Crippen molar-refractivity contribution in [2.45, 2.75) is 19.8 Å². The van der Waals surface area contributed by atoms with Crippen molar-refractivity contribution in [3.8, 4) is 0 Å². The van der Waals surface area contributed by atoms with Crippen LogP contribution < -0.4 is 10.4 Å². The van der Waals surface area contributed by atoms with Crippen LogP contribution in [0.2, 0.25) is 0 Å². The molecule has 3 heteroatoms. The SMILES string of the molecule is CC(=O)C1=C(NN(C)c2ccccc2)CCc2ccccc21. The zero-order valence-corrected chi connectivity index (χ0v) is 13.0. The van der Waals surface area contributed by atoms with E-state index in [2.05, 4.69) is 11.5 Å². The van der Waals surface area contributed by atoms with Crippen LogP contribution in [0.4, 0.5) is 5.69 Å². The van der Waals surface area contributed by atoms with Gasteiger partial charge in [0.2, 0.25) is 0 Å². The van der Waals surface area contributed by atoms with Gasteiger partial charge in [-0.1, -0.05) is 42.5 Å². The molecule has 1 N–H and O–H groups in total. The molecule has 22 heavy (non-hydrogen) atoms. The number of hydrogen-bond acceptors (Lipinski definition) is 3. The van der Waals surface area contributed by atoms with E-state index in [4.69, 9.17) is 0 Å². The minimum absolute atomic E-state index is 0.108. The van der Waals surface area contributed by atoms with Crippen molar-refractivity contribution in [1.29, 1.82) is 0 Å². The number of allylic oxidation sites excluding steroid dienone is 2. The average molecular weight is 292 g/mol. The second-order valence-electron chi connectivity index (χ2n) is 5.57. The molecule has 0 fully saturated rings. The highest BCUT2D eigenvalue weighted by Gasteiger charge is 2.22. The molecule has 3 rings (SSSR count). The Bertz CT molecular complexity index is 719. The molecule has 0 amide bonds. The third-order valence-corrected chi connectivity index (χ3v) is 4.03. The van der Waals surface area contributed by atoms with E-state index >= 15 is 0 Å². The molecular weight excluding hydrogens is 272 g/mol. The van der Waals surface area contributed by atoms with Gasteiger partial charge in [-0.3, -0.25) is 9.80 Å². The number of nitrogens with zero attached hydrogens (tertiary/aromatic N) is 1. The Kier molecular flexibility index (Phi) is 3.96. The van der Waals surface area contributed by atoms with E-state index in [0.29, 0.717) is 0 Å². The Morgan fingerprint density at radius 3 is 2.41 bits per heavy atom. The molecule has 0 heterocycles. The summed E-state index contributed by atoms with van der Waals surface area (Å²) in [5.74, 6) is 0.108. The highest BCUT2D eigenvalue weighted by molar-refractivity contribution is 6.21. The minimum atomic E-state index is 0.108. The van der Waals surface area contributed by atoms with Crippen LogP contribution in [0.5, 0.6) is 0 Å². The summed E-state index contributed by atoms with van der Waals surface area (Å²) >= 11 is 0. The summed E-state index contributed by atoms with van der Waals surface area (Å²) in [6.07, 6.45) is 1.81. The third-order valence-electron chi connectivity index (χ3n) is 4.03. The van der Waals surface area contributed by atoms with Crippen molar-refractivity contribution in [2.75, 3.05) is 12.1 Å². The largest absolute Gasteiger partial charge is 0.302 e. The fraction of sp³-hybridized carbons (Fsp3) is 0.211. The topological polar surface area (TPSA) is 32.3 Å². The molecule has 0 aromatic heterocycles. The first kappa shape index (κ1) is 14.4. The van der Waals surface area contributed by atoms with Crippen LogP contribution in [0.1, 0.15) is 24.5 Å². The molecule has 0 saturated carbocycles. The normalized spacial score (nSPS) is 13.5. The lowest BCUT2D eigenvalue weighted by atomic mass is 9.87. The predicted octanol–water partition coefficient (Wildman–Crippen LogP) is 3.57. The van der Waals surface area contributed by atoms with E-state index in [1.165, 1.54) is 5.56 Å². The number of Topliss-reactive ketones (excluding diaryl/α,β-unsaturated/α-hetero) is 1. The lowest BCUT2D eigenvalue weighted by Crippen LogP contribution is -2.35. The molecule has 1 aliphatic rings. The van der Waals surface area contributed by atoms with Crippen LogP contribution in [-0.4, -0.2) is 12.8 Å². The molecule has 0 saturated heterocycles. The molecule has 2 aromatic carbocycles. The van der Waals surface area contributed by atoms with E-state index in [1.54, 1.807) is 6.92 Å². The number of rotatable bonds is 4. The molecular formula is C19H20N2O. The maximum atomic E-state index is 12.2. The number of carbonyl (C=O) groups excluding carboxylic acids is 1. The van der Waals surface area contributed by atoms with E-state index < -0.39 is 0 Å². The van der Waals surface area contributed by atoms with E-state index in [1.807, 2.05) is 60.6 Å². The molecule has 0 atom stereocenters. The van der Waals surface area contributed by atoms with Gasteiger partial charge in [-0.25, -0.2) is 0 Å². The predicted molar refractivity (Wildman–Crippen MR) is 90.3 cm³/mol. The van der Waals surface area contributed by atoms with Crippen molar-refractivity contribution in [2.24, 2.45) is 0 Å². The van der Waals surface area contributed by atoms with Gasteiger partial charge in [-0.15, -0.1) is 0 Å². The number of nitrogens with one attached hydrogen (secondary N) is 1. The molecule has 0 bridgehead atoms. The number of hydrazine groups is 1. The summed E-state index contributed by atoms with van der Waals surface area (Å²) < 4.78 is 0. The van der Waals surface area contributed by atoms with Crippen LogP contribution in [-0.2, 0) is 11.2 Å². The Morgan fingerprint density at radius 2 is 1.68 bits per heavy atom. The maximum absolute atomic E-state index is 12.2. The van der Waals surface area contributed by atoms with Crippen LogP contribution in [0.3, 0.4) is 0 Å². The molecule has 2 aromatic rings. The van der Waals surface area contributed by atoms with Crippen molar-refractivity contribution < 1.29 is 4.79 Å². The minimum Gasteiger partial charge on any atom is -0.302 e. The van der Waals surface area contributed by atoms with Crippen molar-refractivity contribution >= 4 is 17.0 Å². The molecule has 3 nitrogen and oxygen atoms in total. The van der Waals surface area contributed by atoms with E-state index in [0.717, 1.165) is 35.4 Å². The monoisotopic (exact) mass is 292 g/mol. The van der Waals surface area contributed by atoms with E-state index in [-0.39, 0.29) is 5.78 Å². The Hall–Kier alpha value is -2.55. The van der Waals surface area contributed by atoms with Gasteiger partial charge in [0.25, 0.3) is 0 Å². The summed E-state index contributed by atoms with van der Waals surface area (Å²) in [5.41, 5.74) is 8.58. The number of aryl methyl sites for hydroxylation is 1. The summed E-state index contributed by atoms with van der Waals surface area (Å²) in [5, 5.41) is 1.96. The number of ketones is 1. The molecule has 112 valence electrons. The van der Waals surface area contributed by atoms with Gasteiger partial charge in [0, 0.05) is 18.3 Å². The lowest BCUT2D eigenvalue weighted by molar-refractivity contribution is -0.111. The number of fused-ring (bicyclic) bond motifs is 1. The van der Waals surface area contributed by atoms with Gasteiger partial charge in [0.15, 0.2) is 5.78 Å². The molecule has 0 aliphatic heterocycles. The van der Waals surface area contributed by atoms with E-state index in [9.17, 15) is 4.79 Å². The molecule has 0 spiro atoms. The summed E-state index contributed by atoms with van der Waals surface area (Å²) in [6, 6.07) is 18.3. The first-order valence-electron chi connectivity index (χ1n) is 7.54. The smallest absolute Gasteiger partial charge is 0.162 e. The van der Waals surface area contributed by atoms with Crippen molar-refractivity contribution in [1.82, 2.24) is 5.43 Å². The zero-order chi connectivity index (χ0) is 15.5. The molecule has 0 unspecified atom stereocenters. The van der Waals surface area contributed by atoms with Crippen molar-refractivity contribution in [3.05, 3.63) is 71.4 Å². The fourth-order valence-corrected chi connectivity index (χ4v) is 2.96. The highest BCUT2D eigenvalue weighted by atomic mass is 16.1. The van der Waals surface area contributed by atoms with Gasteiger partial charge in [0.05, 0.1) is 5.69 Å². The number of anilines is 1. The zero-order valence-electron chi connectivity index (χ0n) is 13.0. The third kappa shape index (κ3) is 2.75. The molecule has 0 radical (unpaired) electrons. The number of para-hydroxylation sites is 1. The van der Waals surface area contributed by atoms with Crippen LogP contribution in [0, 0.1) is 0 Å². The number of carbonyl (C=O) groups is 1. The number of benzene rings is 2. The Morgan fingerprint density at radius 1 is 1.00 bits per heavy atom. The summed E-state index contributed by atoms with van der Waals surface area (Å²) in [4.78, 5) is 12.2. The van der Waals surface area contributed by atoms with Gasteiger partial charge in [-0.2, -0.15) is 0 Å². The van der Waals surface area contributed by atoms with Gasteiger partial charge in [-0.05, 0) is 43.0 Å². The summed E-state index contributed by atoms with van der Waals surface area (Å²) in [7, 11) is 1.97. The maximum Gasteiger partial charge on any atom is 0.162 e. The first-order valence-corrected chi connectivity index (χ1v) is 7.54. The first-order chi connectivity index (χ1) is 10.7. The Labute approximate surface area is 131 Å². The van der Waals surface area contributed by atoms with Crippen molar-refractivity contribution in [3.63, 3.8) is 0 Å². The lowest BCUT2D eigenvalue weighted by Gasteiger charge is -2.28. The van der Waals surface area contributed by atoms with Crippen LogP contribution >= 0.6 is 0 Å². The fourth-order valence-electron chi connectivity index (χ4n) is 2.96. The molecule has 1 aliphatic carbocycles. The quantitative estimate of drug-likeness (QED) is 0.874. The van der Waals surface area contributed by atoms with Gasteiger partial charge >= 0.3 is 0 Å². The van der Waals surface area contributed by atoms with Gasteiger partial charge < -0.3 is 5.43 Å².